The number of rotatable bonds is 4. The minimum atomic E-state index is -0.502. The lowest BCUT2D eigenvalue weighted by Crippen LogP contribution is -2.21. The molecule has 0 unspecified atom stereocenters. The fourth-order valence-electron chi connectivity index (χ4n) is 2.43. The van der Waals surface area contributed by atoms with Crippen LogP contribution in [0.15, 0.2) is 11.1 Å². The number of allylic oxidation sites excluding steroid dienone is 1. The molecule has 0 atom stereocenters. The Kier molecular flexibility index (Phi) is 5.58. The molecular weight excluding hydrogens is 244 g/mol. The van der Waals surface area contributed by atoms with Crippen LogP contribution >= 0.6 is 0 Å². The highest BCUT2D eigenvalue weighted by Gasteiger charge is 2.26. The van der Waals surface area contributed by atoms with Crippen LogP contribution < -0.4 is 0 Å². The molecule has 108 valence electrons. The smallest absolute Gasteiger partial charge is 0.344 e. The molecule has 1 aliphatic rings. The lowest BCUT2D eigenvalue weighted by Gasteiger charge is -2.32. The maximum atomic E-state index is 11.9. The van der Waals surface area contributed by atoms with Crippen LogP contribution in [0.25, 0.3) is 0 Å². The highest BCUT2D eigenvalue weighted by molar-refractivity contribution is 5.90. The first-order valence-corrected chi connectivity index (χ1v) is 6.87. The molecule has 0 aromatic carbocycles. The van der Waals surface area contributed by atoms with Crippen LogP contribution in [0.2, 0.25) is 0 Å². The molecule has 0 heterocycles. The highest BCUT2D eigenvalue weighted by Crippen LogP contribution is 2.39. The van der Waals surface area contributed by atoms with Crippen molar-refractivity contribution in [2.75, 3.05) is 13.2 Å². The number of carbonyl (C=O) groups is 2. The molecule has 19 heavy (non-hydrogen) atoms. The van der Waals surface area contributed by atoms with Crippen molar-refractivity contribution < 1.29 is 19.1 Å². The lowest BCUT2D eigenvalue weighted by molar-refractivity contribution is -0.156. The van der Waals surface area contributed by atoms with Gasteiger partial charge in [0.25, 0.3) is 0 Å². The van der Waals surface area contributed by atoms with E-state index in [4.69, 9.17) is 9.47 Å². The molecule has 4 nitrogen and oxygen atoms in total. The summed E-state index contributed by atoms with van der Waals surface area (Å²) >= 11 is 0. The third-order valence-electron chi connectivity index (χ3n) is 3.49. The van der Waals surface area contributed by atoms with E-state index in [9.17, 15) is 9.59 Å². The Balaban J connectivity index is 2.58. The monoisotopic (exact) mass is 268 g/mol. The third kappa shape index (κ3) is 5.05. The number of ether oxygens (including phenoxy) is 2. The van der Waals surface area contributed by atoms with E-state index in [2.05, 4.69) is 13.8 Å². The summed E-state index contributed by atoms with van der Waals surface area (Å²) in [5, 5.41) is 0. The van der Waals surface area contributed by atoms with Gasteiger partial charge in [0.1, 0.15) is 0 Å². The second-order valence-electron chi connectivity index (χ2n) is 5.80. The highest BCUT2D eigenvalue weighted by atomic mass is 16.6. The molecule has 0 spiro atoms. The van der Waals surface area contributed by atoms with Gasteiger partial charge in [-0.1, -0.05) is 19.4 Å². The summed E-state index contributed by atoms with van der Waals surface area (Å²) in [6, 6.07) is 0. The van der Waals surface area contributed by atoms with Crippen molar-refractivity contribution >= 4 is 11.9 Å². The topological polar surface area (TPSA) is 52.6 Å². The molecule has 0 saturated heterocycles. The van der Waals surface area contributed by atoms with E-state index in [0.717, 1.165) is 24.8 Å². The Labute approximate surface area is 115 Å². The fourth-order valence-corrected chi connectivity index (χ4v) is 2.43. The molecule has 0 radical (unpaired) electrons. The summed E-state index contributed by atoms with van der Waals surface area (Å²) in [5.41, 5.74) is 2.05. The van der Waals surface area contributed by atoms with E-state index in [1.54, 1.807) is 13.8 Å². The molecule has 0 aromatic rings. The Bertz CT molecular complexity index is 380. The van der Waals surface area contributed by atoms with Crippen LogP contribution in [0.3, 0.4) is 0 Å². The average Bonchev–Trinajstić information content (AvgIpc) is 2.34. The van der Waals surface area contributed by atoms with Crippen molar-refractivity contribution in [1.29, 1.82) is 0 Å². The van der Waals surface area contributed by atoms with Crippen LogP contribution in [0.5, 0.6) is 0 Å². The Morgan fingerprint density at radius 1 is 1.26 bits per heavy atom. The number of hydrogen-bond donors (Lipinski definition) is 0. The van der Waals surface area contributed by atoms with Crippen LogP contribution in [0.4, 0.5) is 0 Å². The normalized spacial score (nSPS) is 20.6. The zero-order valence-electron chi connectivity index (χ0n) is 12.4. The molecule has 1 saturated carbocycles. The molecule has 0 aromatic heterocycles. The molecule has 0 bridgehead atoms. The van der Waals surface area contributed by atoms with Crippen LogP contribution in [0.1, 0.15) is 53.4 Å². The lowest BCUT2D eigenvalue weighted by atomic mass is 9.74. The maximum absolute atomic E-state index is 11.9. The second kappa shape index (κ2) is 6.73. The van der Waals surface area contributed by atoms with Gasteiger partial charge in [0.15, 0.2) is 6.61 Å². The van der Waals surface area contributed by atoms with Gasteiger partial charge in [0.2, 0.25) is 0 Å². The summed E-state index contributed by atoms with van der Waals surface area (Å²) in [4.78, 5) is 23.0. The second-order valence-corrected chi connectivity index (χ2v) is 5.80. The molecule has 0 N–H and O–H groups in total. The van der Waals surface area contributed by atoms with E-state index >= 15 is 0 Å². The van der Waals surface area contributed by atoms with Crippen LogP contribution in [-0.2, 0) is 19.1 Å². The first-order valence-electron chi connectivity index (χ1n) is 6.87. The van der Waals surface area contributed by atoms with Crippen molar-refractivity contribution in [3.05, 3.63) is 11.1 Å². The molecule has 1 fully saturated rings. The predicted molar refractivity (Wildman–Crippen MR) is 72.5 cm³/mol. The van der Waals surface area contributed by atoms with Gasteiger partial charge in [-0.2, -0.15) is 0 Å². The minimum Gasteiger partial charge on any atom is -0.463 e. The standard InChI is InChI=1S/C15H24O4/c1-5-18-13(16)10-19-14(17)11(2)12-7-6-8-15(3,4)9-12/h5-10H2,1-4H3/b12-11-. The number of esters is 2. The van der Waals surface area contributed by atoms with Gasteiger partial charge in [-0.05, 0) is 44.9 Å². The van der Waals surface area contributed by atoms with Crippen molar-refractivity contribution in [3.63, 3.8) is 0 Å². The zero-order chi connectivity index (χ0) is 14.5. The largest absolute Gasteiger partial charge is 0.463 e. The first kappa shape index (κ1) is 15.7. The minimum absolute atomic E-state index is 0.246. The summed E-state index contributed by atoms with van der Waals surface area (Å²) < 4.78 is 9.69. The van der Waals surface area contributed by atoms with Gasteiger partial charge in [-0.25, -0.2) is 9.59 Å². The van der Waals surface area contributed by atoms with E-state index in [1.807, 2.05) is 0 Å². The zero-order valence-corrected chi connectivity index (χ0v) is 12.4. The van der Waals surface area contributed by atoms with E-state index in [1.165, 1.54) is 6.42 Å². The molecule has 0 aliphatic heterocycles. The number of carbonyl (C=O) groups excluding carboxylic acids is 2. The van der Waals surface area contributed by atoms with Gasteiger partial charge < -0.3 is 9.47 Å². The van der Waals surface area contributed by atoms with Gasteiger partial charge in [0.05, 0.1) is 6.61 Å². The van der Waals surface area contributed by atoms with E-state index in [0.29, 0.717) is 12.2 Å². The van der Waals surface area contributed by atoms with Crippen molar-refractivity contribution in [2.24, 2.45) is 5.41 Å². The van der Waals surface area contributed by atoms with Gasteiger partial charge in [-0.3, -0.25) is 0 Å². The van der Waals surface area contributed by atoms with Gasteiger partial charge >= 0.3 is 11.9 Å². The fraction of sp³-hybridized carbons (Fsp3) is 0.733. The summed E-state index contributed by atoms with van der Waals surface area (Å²) in [5.74, 6) is -0.904. The molecule has 1 aliphatic carbocycles. The quantitative estimate of drug-likeness (QED) is 0.581. The predicted octanol–water partition coefficient (Wildman–Crippen LogP) is 3.01. The van der Waals surface area contributed by atoms with E-state index < -0.39 is 11.9 Å². The number of hydrogen-bond acceptors (Lipinski definition) is 4. The third-order valence-corrected chi connectivity index (χ3v) is 3.49. The Hall–Kier alpha value is -1.32. The van der Waals surface area contributed by atoms with Crippen molar-refractivity contribution in [1.82, 2.24) is 0 Å². The van der Waals surface area contributed by atoms with Crippen LogP contribution in [-0.4, -0.2) is 25.2 Å². The average molecular weight is 268 g/mol. The Morgan fingerprint density at radius 2 is 1.95 bits per heavy atom. The summed E-state index contributed by atoms with van der Waals surface area (Å²) in [6.07, 6.45) is 4.16. The van der Waals surface area contributed by atoms with E-state index in [-0.39, 0.29) is 12.0 Å². The van der Waals surface area contributed by atoms with Crippen molar-refractivity contribution in [3.8, 4) is 0 Å². The van der Waals surface area contributed by atoms with Crippen molar-refractivity contribution in [2.45, 2.75) is 53.4 Å². The summed E-state index contributed by atoms with van der Waals surface area (Å²) in [7, 11) is 0. The molecule has 4 heteroatoms. The summed E-state index contributed by atoms with van der Waals surface area (Å²) in [6.45, 7) is 7.92. The molecule has 0 amide bonds. The molecule has 1 rings (SSSR count). The molecular formula is C15H24O4. The van der Waals surface area contributed by atoms with Gasteiger partial charge in [0, 0.05) is 5.57 Å². The Morgan fingerprint density at radius 3 is 2.53 bits per heavy atom. The van der Waals surface area contributed by atoms with Crippen LogP contribution in [0, 0.1) is 5.41 Å². The first-order chi connectivity index (χ1) is 8.85. The SMILES string of the molecule is CCOC(=O)COC(=O)/C(C)=C1/CCCC(C)(C)C1. The maximum Gasteiger partial charge on any atom is 0.344 e. The van der Waals surface area contributed by atoms with Gasteiger partial charge in [-0.15, -0.1) is 0 Å².